The number of imide groups is 1. The van der Waals surface area contributed by atoms with Crippen molar-refractivity contribution in [3.8, 4) is 28.2 Å². The number of unbranched alkanes of at least 4 members (excludes halogenated alkanes) is 2. The second-order valence-electron chi connectivity index (χ2n) is 15.2. The van der Waals surface area contributed by atoms with Gasteiger partial charge < -0.3 is 43.7 Å². The Morgan fingerprint density at radius 2 is 1.80 bits per heavy atom. The van der Waals surface area contributed by atoms with Gasteiger partial charge in [-0.25, -0.2) is 9.59 Å². The Morgan fingerprint density at radius 3 is 2.58 bits per heavy atom. The Morgan fingerprint density at radius 1 is 1.02 bits per heavy atom. The van der Waals surface area contributed by atoms with Crippen molar-refractivity contribution in [1.82, 2.24) is 14.5 Å². The van der Waals surface area contributed by atoms with Gasteiger partial charge in [-0.3, -0.25) is 43.0 Å². The Kier molecular flexibility index (Phi) is 14.0. The fourth-order valence-electron chi connectivity index (χ4n) is 7.52. The SMILES string of the molecule is Cc1cn([C@H]2C[C@@H](O)[C@@H](COP(=O)([O-])OCCSC3CC(=O)N(CCCCCC(=O)Nc4ccc(-c5c6ccc(=O)cc-6oc6cc(O)ccc56)c(C(=O)O)c4)C3=O)O2)c(=O)[nH]c1=O. The standard InChI is InChI=1S/C42H43N4O16PS/c1-22-20-46(42(56)44-39(22)52)37-18-30(49)33(62-37)21-60-63(57,58)59-13-14-64-34-19-36(51)45(40(34)53)12-4-2-3-5-35(50)43-23-6-9-26(29(15-23)41(54)55)38-27-10-7-24(47)16-31(27)61-32-17-25(48)8-11-28(32)38/h6-11,15-17,20,30,33-34,37,47,49H,2-5,12-14,18-19,21H2,1H3,(H,43,50)(H,54,55)(H,57,58)(H,44,52,56)/p-1/t30-,33-,34?,37-/m1/s1. The van der Waals surface area contributed by atoms with Crippen molar-refractivity contribution in [2.75, 3.05) is 30.8 Å². The number of benzene rings is 3. The second kappa shape index (κ2) is 19.4. The van der Waals surface area contributed by atoms with Crippen molar-refractivity contribution in [3.63, 3.8) is 0 Å². The van der Waals surface area contributed by atoms with E-state index in [0.29, 0.717) is 41.3 Å². The number of aryl methyl sites for hydroxylation is 1. The number of aromatic amines is 1. The molecule has 2 aromatic carbocycles. The summed E-state index contributed by atoms with van der Waals surface area (Å²) in [5.41, 5.74) is 0.161. The van der Waals surface area contributed by atoms with Gasteiger partial charge in [0.15, 0.2) is 5.43 Å². The molecule has 0 spiro atoms. The number of phosphoric acid groups is 1. The summed E-state index contributed by atoms with van der Waals surface area (Å²) in [5.74, 6) is -2.32. The number of aliphatic hydroxyl groups excluding tert-OH is 1. The van der Waals surface area contributed by atoms with Crippen molar-refractivity contribution < 1.29 is 62.2 Å². The maximum atomic E-state index is 13.0. The Hall–Kier alpha value is -5.93. The fraction of sp³-hybridized carbons (Fsp3) is 0.357. The smallest absolute Gasteiger partial charge is 0.336 e. The van der Waals surface area contributed by atoms with Crippen LogP contribution in [-0.4, -0.2) is 96.4 Å². The molecule has 3 aromatic rings. The molecule has 64 heavy (non-hydrogen) atoms. The molecule has 20 nitrogen and oxygen atoms in total. The van der Waals surface area contributed by atoms with Gasteiger partial charge in [-0.15, -0.1) is 11.8 Å². The average Bonchev–Trinajstić information content (AvgIpc) is 3.74. The zero-order valence-corrected chi connectivity index (χ0v) is 35.8. The van der Waals surface area contributed by atoms with Crippen LogP contribution in [0.25, 0.3) is 33.4 Å². The summed E-state index contributed by atoms with van der Waals surface area (Å²) >= 11 is 1.05. The third-order valence-corrected chi connectivity index (χ3v) is 12.8. The third kappa shape index (κ3) is 10.5. The van der Waals surface area contributed by atoms with Gasteiger partial charge in [0.1, 0.15) is 29.4 Å². The van der Waals surface area contributed by atoms with Gasteiger partial charge in [0.2, 0.25) is 17.7 Å². The minimum atomic E-state index is -4.88. The number of aromatic carboxylic acids is 1. The van der Waals surface area contributed by atoms with Crippen LogP contribution in [-0.2, 0) is 32.7 Å². The molecule has 5 atom stereocenters. The molecule has 0 radical (unpaired) electrons. The molecule has 22 heteroatoms. The normalized spacial score (nSPS) is 19.7. The van der Waals surface area contributed by atoms with Crippen LogP contribution in [0.4, 0.5) is 5.69 Å². The number of carboxylic acids is 1. The highest BCUT2D eigenvalue weighted by molar-refractivity contribution is 8.00. The zero-order valence-electron chi connectivity index (χ0n) is 34.1. The Labute approximate surface area is 366 Å². The number of H-pyrrole nitrogens is 1. The van der Waals surface area contributed by atoms with Crippen LogP contribution in [0, 0.1) is 6.92 Å². The number of hydrogen-bond donors (Lipinski definition) is 5. The van der Waals surface area contributed by atoms with E-state index < -0.39 is 61.2 Å². The molecule has 2 unspecified atom stereocenters. The summed E-state index contributed by atoms with van der Waals surface area (Å²) < 4.78 is 34.7. The number of nitrogens with one attached hydrogen (secondary N) is 2. The van der Waals surface area contributed by atoms with E-state index in [4.69, 9.17) is 18.2 Å². The Bertz CT molecular complexity index is 2820. The summed E-state index contributed by atoms with van der Waals surface area (Å²) in [7, 11) is -4.88. The van der Waals surface area contributed by atoms with E-state index >= 15 is 0 Å². The van der Waals surface area contributed by atoms with E-state index in [-0.39, 0.29) is 89.3 Å². The minimum absolute atomic E-state index is 0.0308. The largest absolute Gasteiger partial charge is 0.756 e. The average molecular weight is 922 g/mol. The first-order valence-electron chi connectivity index (χ1n) is 20.1. The summed E-state index contributed by atoms with van der Waals surface area (Å²) in [5, 5.41) is 33.1. The van der Waals surface area contributed by atoms with E-state index in [1.54, 1.807) is 18.2 Å². The number of aliphatic hydroxyl groups is 1. The summed E-state index contributed by atoms with van der Waals surface area (Å²) in [6.45, 7) is 0.629. The van der Waals surface area contributed by atoms with Crippen LogP contribution in [0.5, 0.6) is 5.75 Å². The number of fused-ring (bicyclic) bond motifs is 2. The number of phenolic OH excluding ortho intramolecular Hbond substituents is 1. The molecule has 2 saturated heterocycles. The molecule has 1 aliphatic carbocycles. The number of phosphoric ester groups is 1. The molecule has 3 amide bonds. The number of carboxylic acid groups (broad SMARTS) is 1. The van der Waals surface area contributed by atoms with Crippen molar-refractivity contribution in [2.45, 2.75) is 69.1 Å². The Balaban J connectivity index is 0.833. The molecule has 7 rings (SSSR count). The number of amides is 3. The van der Waals surface area contributed by atoms with Crippen LogP contribution < -0.4 is 26.9 Å². The van der Waals surface area contributed by atoms with Gasteiger partial charge in [-0.05, 0) is 61.7 Å². The fourth-order valence-corrected chi connectivity index (χ4v) is 9.35. The maximum absolute atomic E-state index is 13.0. The first-order valence-corrected chi connectivity index (χ1v) is 22.6. The van der Waals surface area contributed by atoms with E-state index in [0.717, 1.165) is 21.2 Å². The number of likely N-dealkylation sites (tertiary alicyclic amines) is 1. The summed E-state index contributed by atoms with van der Waals surface area (Å²) in [4.78, 5) is 103. The first-order chi connectivity index (χ1) is 30.5. The summed E-state index contributed by atoms with van der Waals surface area (Å²) in [6, 6.07) is 13.0. The van der Waals surface area contributed by atoms with Crippen LogP contribution in [0.15, 0.2) is 79.6 Å². The monoisotopic (exact) mass is 921 g/mol. The first kappa shape index (κ1) is 46.1. The molecule has 0 saturated carbocycles. The highest BCUT2D eigenvalue weighted by Gasteiger charge is 2.39. The molecule has 1 aromatic heterocycles. The van der Waals surface area contributed by atoms with Gasteiger partial charge in [0.25, 0.3) is 13.4 Å². The number of aromatic hydroxyl groups is 1. The summed E-state index contributed by atoms with van der Waals surface area (Å²) in [6.07, 6.45) is -0.772. The number of carbonyl (C=O) groups excluding carboxylic acids is 3. The molecular weight excluding hydrogens is 880 g/mol. The predicted octanol–water partition coefficient (Wildman–Crippen LogP) is 3.34. The number of carbonyl (C=O) groups is 4. The van der Waals surface area contributed by atoms with E-state index in [1.165, 1.54) is 49.5 Å². The van der Waals surface area contributed by atoms with Gasteiger partial charge in [-0.1, -0.05) is 12.5 Å². The van der Waals surface area contributed by atoms with Crippen molar-refractivity contribution in [3.05, 3.63) is 103 Å². The topological polar surface area (TPSA) is 297 Å². The third-order valence-electron chi connectivity index (χ3n) is 10.7. The maximum Gasteiger partial charge on any atom is 0.336 e. The molecule has 3 aliphatic heterocycles. The van der Waals surface area contributed by atoms with Crippen molar-refractivity contribution in [1.29, 1.82) is 0 Å². The van der Waals surface area contributed by atoms with Gasteiger partial charge >= 0.3 is 11.7 Å². The highest BCUT2D eigenvalue weighted by Crippen LogP contribution is 2.43. The second-order valence-corrected chi connectivity index (χ2v) is 17.9. The van der Waals surface area contributed by atoms with Gasteiger partial charge in [0, 0.05) is 77.7 Å². The van der Waals surface area contributed by atoms with E-state index in [2.05, 4.69) is 10.3 Å². The lowest BCUT2D eigenvalue weighted by Crippen LogP contribution is -2.33. The molecule has 4 aliphatic rings. The minimum Gasteiger partial charge on any atom is -0.756 e. The van der Waals surface area contributed by atoms with E-state index in [9.17, 15) is 58.3 Å². The predicted molar refractivity (Wildman–Crippen MR) is 228 cm³/mol. The van der Waals surface area contributed by atoms with Gasteiger partial charge in [0.05, 0.1) is 30.1 Å². The van der Waals surface area contributed by atoms with Crippen molar-refractivity contribution >= 4 is 59.9 Å². The van der Waals surface area contributed by atoms with Crippen LogP contribution in [0.2, 0.25) is 0 Å². The highest BCUT2D eigenvalue weighted by atomic mass is 32.2. The van der Waals surface area contributed by atoms with Crippen molar-refractivity contribution in [2.24, 2.45) is 0 Å². The lowest BCUT2D eigenvalue weighted by Gasteiger charge is -2.25. The molecule has 0 bridgehead atoms. The lowest BCUT2D eigenvalue weighted by atomic mass is 9.90. The number of ether oxygens (including phenoxy) is 1. The number of rotatable bonds is 18. The van der Waals surface area contributed by atoms with Crippen LogP contribution >= 0.6 is 19.6 Å². The van der Waals surface area contributed by atoms with Crippen LogP contribution in [0.3, 0.4) is 0 Å². The van der Waals surface area contributed by atoms with Crippen LogP contribution in [0.1, 0.15) is 60.7 Å². The quantitative estimate of drug-likeness (QED) is 0.0364. The lowest BCUT2D eigenvalue weighted by molar-refractivity contribution is -0.228. The number of anilines is 1. The molecule has 2 fully saturated rings. The number of nitrogens with zero attached hydrogens (tertiary/aromatic N) is 2. The number of aromatic nitrogens is 2. The zero-order chi connectivity index (χ0) is 45.9. The molecular formula is C42H42N4O16PS-. The molecule has 5 N–H and O–H groups in total. The number of hydrogen-bond acceptors (Lipinski definition) is 16. The molecule has 4 heterocycles. The van der Waals surface area contributed by atoms with E-state index in [1.807, 2.05) is 0 Å². The van der Waals surface area contributed by atoms with Gasteiger partial charge in [-0.2, -0.15) is 0 Å². The number of thioether (sulfide) groups is 1. The number of phenols is 1. The molecule has 338 valence electrons.